The molecule has 0 spiro atoms. The van der Waals surface area contributed by atoms with Crippen LogP contribution >= 0.6 is 11.8 Å². The Bertz CT molecular complexity index is 578. The Kier molecular flexibility index (Phi) is 3.52. The number of alkyl halides is 3. The first-order valence-corrected chi connectivity index (χ1v) is 6.41. The lowest BCUT2D eigenvalue weighted by Gasteiger charge is -2.07. The maximum Gasteiger partial charge on any atom is 0.446 e. The summed E-state index contributed by atoms with van der Waals surface area (Å²) in [6.07, 6.45) is 1.95. The van der Waals surface area contributed by atoms with Gasteiger partial charge < -0.3 is 0 Å². The molecule has 96 valence electrons. The lowest BCUT2D eigenvalue weighted by atomic mass is 10.1. The third kappa shape index (κ3) is 2.77. The molecule has 1 aromatic heterocycles. The number of fused-ring (bicyclic) bond motifs is 1. The maximum atomic E-state index is 12.3. The number of aromatic nitrogens is 1. The monoisotopic (exact) mass is 272 g/mol. The molecule has 0 aliphatic rings. The second kappa shape index (κ2) is 4.80. The summed E-state index contributed by atoms with van der Waals surface area (Å²) < 4.78 is 39.1. The lowest BCUT2D eigenvalue weighted by molar-refractivity contribution is -0.667. The van der Waals surface area contributed by atoms with Crippen LogP contribution < -0.4 is 4.57 Å². The zero-order valence-corrected chi connectivity index (χ0v) is 10.9. The Hall–Kier alpha value is -1.23. The van der Waals surface area contributed by atoms with Crippen LogP contribution in [0, 0.1) is 6.92 Å². The minimum absolute atomic E-state index is 0.0715. The fraction of sp³-hybridized carbons (Fsp3) is 0.308. The predicted octanol–water partition coefficient (Wildman–Crippen LogP) is 4.07. The van der Waals surface area contributed by atoms with E-state index >= 15 is 0 Å². The molecule has 0 saturated heterocycles. The van der Waals surface area contributed by atoms with Crippen LogP contribution in [0.1, 0.15) is 12.5 Å². The number of aryl methyl sites for hydroxylation is 2. The molecule has 0 N–H and O–H groups in total. The molecule has 0 amide bonds. The molecule has 1 aromatic carbocycles. The van der Waals surface area contributed by atoms with Crippen LogP contribution in [0.15, 0.2) is 35.4 Å². The Balaban J connectivity index is 2.54. The van der Waals surface area contributed by atoms with E-state index in [2.05, 4.69) is 0 Å². The van der Waals surface area contributed by atoms with Gasteiger partial charge in [-0.15, -0.1) is 0 Å². The van der Waals surface area contributed by atoms with Gasteiger partial charge >= 0.3 is 5.51 Å². The van der Waals surface area contributed by atoms with Crippen LogP contribution in [0.4, 0.5) is 13.2 Å². The molecule has 18 heavy (non-hydrogen) atoms. The minimum atomic E-state index is -4.24. The summed E-state index contributed by atoms with van der Waals surface area (Å²) in [5, 5.41) is 0.869. The third-order valence-electron chi connectivity index (χ3n) is 2.78. The van der Waals surface area contributed by atoms with E-state index in [0.29, 0.717) is 0 Å². The Labute approximate surface area is 108 Å². The summed E-state index contributed by atoms with van der Waals surface area (Å²) in [5.74, 6) is 0. The van der Waals surface area contributed by atoms with E-state index < -0.39 is 5.51 Å². The average molecular weight is 272 g/mol. The van der Waals surface area contributed by atoms with Crippen LogP contribution in [0.3, 0.4) is 0 Å². The molecule has 0 aliphatic carbocycles. The highest BCUT2D eigenvalue weighted by molar-refractivity contribution is 8.00. The van der Waals surface area contributed by atoms with Gasteiger partial charge in [-0.2, -0.15) is 17.7 Å². The van der Waals surface area contributed by atoms with Crippen molar-refractivity contribution in [2.45, 2.75) is 30.8 Å². The van der Waals surface area contributed by atoms with Crippen LogP contribution in [-0.2, 0) is 6.54 Å². The standard InChI is InChI=1S/C13H13F3NS/c1-3-17-7-6-9(2)11-8-10(4-5-12(11)17)18-13(14,15)16/h4-8H,3H2,1-2H3/q+1. The first kappa shape index (κ1) is 13.2. The molecular weight excluding hydrogens is 259 g/mol. The summed E-state index contributed by atoms with van der Waals surface area (Å²) in [4.78, 5) is 0.229. The fourth-order valence-corrected chi connectivity index (χ4v) is 2.51. The molecule has 2 rings (SSSR count). The van der Waals surface area contributed by atoms with E-state index in [1.165, 1.54) is 6.07 Å². The quantitative estimate of drug-likeness (QED) is 0.589. The van der Waals surface area contributed by atoms with E-state index in [4.69, 9.17) is 0 Å². The van der Waals surface area contributed by atoms with Crippen molar-refractivity contribution in [1.82, 2.24) is 0 Å². The highest BCUT2D eigenvalue weighted by Gasteiger charge is 2.29. The highest BCUT2D eigenvalue weighted by Crippen LogP contribution is 2.37. The zero-order valence-electron chi connectivity index (χ0n) is 10.1. The van der Waals surface area contributed by atoms with E-state index in [0.717, 1.165) is 23.0 Å². The van der Waals surface area contributed by atoms with Gasteiger partial charge in [0, 0.05) is 17.0 Å². The molecule has 0 radical (unpaired) electrons. The first-order valence-electron chi connectivity index (χ1n) is 5.59. The molecule has 0 saturated carbocycles. The number of halogens is 3. The van der Waals surface area contributed by atoms with E-state index in [1.807, 2.05) is 30.7 Å². The van der Waals surface area contributed by atoms with Crippen molar-refractivity contribution in [3.05, 3.63) is 36.0 Å². The van der Waals surface area contributed by atoms with Gasteiger partial charge in [0.25, 0.3) is 0 Å². The number of benzene rings is 1. The number of pyridine rings is 1. The van der Waals surface area contributed by atoms with Crippen LogP contribution in [0.2, 0.25) is 0 Å². The molecule has 0 aliphatic heterocycles. The fourth-order valence-electron chi connectivity index (χ4n) is 1.93. The van der Waals surface area contributed by atoms with Gasteiger partial charge in [-0.1, -0.05) is 0 Å². The van der Waals surface area contributed by atoms with E-state index in [1.54, 1.807) is 12.1 Å². The van der Waals surface area contributed by atoms with Crippen molar-refractivity contribution in [3.63, 3.8) is 0 Å². The summed E-state index contributed by atoms with van der Waals surface area (Å²) in [5.41, 5.74) is -2.29. The van der Waals surface area contributed by atoms with Gasteiger partial charge in [-0.3, -0.25) is 0 Å². The molecular formula is C13H13F3NS+. The third-order valence-corrected chi connectivity index (χ3v) is 3.50. The first-order chi connectivity index (χ1) is 8.40. The minimum Gasteiger partial charge on any atom is -0.199 e. The molecule has 1 heterocycles. The SMILES string of the molecule is CC[n+]1ccc(C)c2cc(SC(F)(F)F)ccc21. The summed E-state index contributed by atoms with van der Waals surface area (Å²) in [6.45, 7) is 4.71. The van der Waals surface area contributed by atoms with Crippen molar-refractivity contribution in [2.75, 3.05) is 0 Å². The largest absolute Gasteiger partial charge is 0.446 e. The Morgan fingerprint density at radius 3 is 2.56 bits per heavy atom. The van der Waals surface area contributed by atoms with Gasteiger partial charge in [0.1, 0.15) is 6.54 Å². The van der Waals surface area contributed by atoms with Crippen molar-refractivity contribution in [3.8, 4) is 0 Å². The number of rotatable bonds is 2. The normalized spacial score (nSPS) is 12.1. The average Bonchev–Trinajstić information content (AvgIpc) is 2.28. The summed E-state index contributed by atoms with van der Waals surface area (Å²) in [7, 11) is 0. The molecule has 0 fully saturated rings. The van der Waals surface area contributed by atoms with Crippen molar-refractivity contribution >= 4 is 22.7 Å². The van der Waals surface area contributed by atoms with Crippen molar-refractivity contribution < 1.29 is 17.7 Å². The molecule has 0 atom stereocenters. The van der Waals surface area contributed by atoms with Crippen molar-refractivity contribution in [2.24, 2.45) is 0 Å². The molecule has 2 aromatic rings. The maximum absolute atomic E-state index is 12.3. The molecule has 1 nitrogen and oxygen atoms in total. The van der Waals surface area contributed by atoms with Gasteiger partial charge in [0.2, 0.25) is 5.52 Å². The lowest BCUT2D eigenvalue weighted by Crippen LogP contribution is -2.32. The zero-order chi connectivity index (χ0) is 13.3. The second-order valence-electron chi connectivity index (χ2n) is 4.01. The van der Waals surface area contributed by atoms with Crippen LogP contribution in [0.5, 0.6) is 0 Å². The molecule has 5 heteroatoms. The summed E-state index contributed by atoms with van der Waals surface area (Å²) in [6, 6.07) is 6.80. The van der Waals surface area contributed by atoms with Gasteiger partial charge in [-0.05, 0) is 43.3 Å². The van der Waals surface area contributed by atoms with Gasteiger partial charge in [0.05, 0.1) is 5.39 Å². The number of nitrogens with zero attached hydrogens (tertiary/aromatic N) is 1. The summed E-state index contributed by atoms with van der Waals surface area (Å²) >= 11 is -0.0715. The van der Waals surface area contributed by atoms with Crippen LogP contribution in [0.25, 0.3) is 10.9 Å². The van der Waals surface area contributed by atoms with E-state index in [-0.39, 0.29) is 16.7 Å². The number of thioether (sulfide) groups is 1. The molecule has 0 bridgehead atoms. The van der Waals surface area contributed by atoms with Gasteiger partial charge in [-0.25, -0.2) is 0 Å². The van der Waals surface area contributed by atoms with Crippen molar-refractivity contribution in [1.29, 1.82) is 0 Å². The molecule has 0 unspecified atom stereocenters. The van der Waals surface area contributed by atoms with E-state index in [9.17, 15) is 13.2 Å². The Morgan fingerprint density at radius 2 is 1.94 bits per heavy atom. The van der Waals surface area contributed by atoms with Crippen LogP contribution in [-0.4, -0.2) is 5.51 Å². The second-order valence-corrected chi connectivity index (χ2v) is 5.15. The highest BCUT2D eigenvalue weighted by atomic mass is 32.2. The number of hydrogen-bond donors (Lipinski definition) is 0. The predicted molar refractivity (Wildman–Crippen MR) is 66.5 cm³/mol. The number of hydrogen-bond acceptors (Lipinski definition) is 1. The topological polar surface area (TPSA) is 3.88 Å². The Morgan fingerprint density at radius 1 is 1.22 bits per heavy atom. The van der Waals surface area contributed by atoms with Gasteiger partial charge in [0.15, 0.2) is 6.20 Å². The smallest absolute Gasteiger partial charge is 0.199 e.